The van der Waals surface area contributed by atoms with E-state index in [4.69, 9.17) is 4.74 Å². The first-order chi connectivity index (χ1) is 12.1. The Labute approximate surface area is 160 Å². The van der Waals surface area contributed by atoms with Crippen LogP contribution in [-0.4, -0.2) is 37.6 Å². The minimum Gasteiger partial charge on any atom is -0.494 e. The smallest absolute Gasteiger partial charge is 0.224 e. The van der Waals surface area contributed by atoms with Gasteiger partial charge < -0.3 is 20.7 Å². The third-order valence-corrected chi connectivity index (χ3v) is 4.92. The molecule has 2 aliphatic heterocycles. The number of carbonyl (C=O) groups is 2. The lowest BCUT2D eigenvalue weighted by Gasteiger charge is -2.30. The Kier molecular flexibility index (Phi) is 7.72. The van der Waals surface area contributed by atoms with Crippen LogP contribution in [-0.2, 0) is 16.0 Å². The summed E-state index contributed by atoms with van der Waals surface area (Å²) in [5, 5.41) is 9.34. The quantitative estimate of drug-likeness (QED) is 0.660. The lowest BCUT2D eigenvalue weighted by Crippen LogP contribution is -2.48. The summed E-state index contributed by atoms with van der Waals surface area (Å²) in [5.74, 6) is 1.44. The van der Waals surface area contributed by atoms with Crippen LogP contribution in [0.15, 0.2) is 18.2 Å². The zero-order valence-electron chi connectivity index (χ0n) is 15.2. The molecule has 0 radical (unpaired) electrons. The zero-order valence-corrected chi connectivity index (χ0v) is 16.0. The molecule has 3 rings (SSSR count). The third-order valence-electron chi connectivity index (χ3n) is 4.92. The molecule has 2 amide bonds. The molecule has 1 saturated heterocycles. The van der Waals surface area contributed by atoms with Crippen molar-refractivity contribution in [2.75, 3.05) is 25.0 Å². The minimum atomic E-state index is 0. The van der Waals surface area contributed by atoms with Crippen LogP contribution in [0.5, 0.6) is 5.75 Å². The van der Waals surface area contributed by atoms with Crippen LogP contribution in [0, 0.1) is 5.92 Å². The first kappa shape index (κ1) is 20.5. The van der Waals surface area contributed by atoms with Gasteiger partial charge in [-0.2, -0.15) is 0 Å². The van der Waals surface area contributed by atoms with Crippen LogP contribution in [0.3, 0.4) is 0 Å². The van der Waals surface area contributed by atoms with Gasteiger partial charge in [0.1, 0.15) is 5.75 Å². The van der Waals surface area contributed by atoms with E-state index in [0.717, 1.165) is 42.9 Å². The summed E-state index contributed by atoms with van der Waals surface area (Å²) in [4.78, 5) is 23.4. The van der Waals surface area contributed by atoms with Crippen molar-refractivity contribution in [2.24, 2.45) is 5.92 Å². The second kappa shape index (κ2) is 9.78. The first-order valence-corrected chi connectivity index (χ1v) is 9.17. The number of amides is 2. The Balaban J connectivity index is 0.00000243. The van der Waals surface area contributed by atoms with E-state index in [0.29, 0.717) is 31.8 Å². The van der Waals surface area contributed by atoms with Gasteiger partial charge in [0.15, 0.2) is 0 Å². The molecule has 0 bridgehead atoms. The average molecular weight is 382 g/mol. The summed E-state index contributed by atoms with van der Waals surface area (Å²) < 4.78 is 5.76. The molecule has 1 aromatic rings. The molecule has 0 spiro atoms. The minimum absolute atomic E-state index is 0. The van der Waals surface area contributed by atoms with Gasteiger partial charge in [-0.1, -0.05) is 6.92 Å². The van der Waals surface area contributed by atoms with E-state index in [1.807, 2.05) is 18.2 Å². The van der Waals surface area contributed by atoms with E-state index < -0.39 is 0 Å². The summed E-state index contributed by atoms with van der Waals surface area (Å²) in [6, 6.07) is 6.00. The number of fused-ring (bicyclic) bond motifs is 1. The van der Waals surface area contributed by atoms with Crippen molar-refractivity contribution in [1.82, 2.24) is 10.6 Å². The van der Waals surface area contributed by atoms with Crippen molar-refractivity contribution in [3.05, 3.63) is 23.8 Å². The number of ether oxygens (including phenoxy) is 1. The van der Waals surface area contributed by atoms with Crippen LogP contribution in [0.25, 0.3) is 0 Å². The van der Waals surface area contributed by atoms with E-state index >= 15 is 0 Å². The van der Waals surface area contributed by atoms with Gasteiger partial charge in [-0.25, -0.2) is 0 Å². The lowest BCUT2D eigenvalue weighted by molar-refractivity contribution is -0.122. The number of anilines is 1. The van der Waals surface area contributed by atoms with Gasteiger partial charge in [-0.3, -0.25) is 9.59 Å². The zero-order chi connectivity index (χ0) is 17.6. The number of nitrogens with one attached hydrogen (secondary N) is 3. The molecule has 2 aliphatic rings. The second-order valence-corrected chi connectivity index (χ2v) is 6.96. The SMILES string of the molecule is CC1CNCCC1NC(=O)CCCOc1ccc2c(c1)CCC(=O)N2.Cl. The van der Waals surface area contributed by atoms with Crippen molar-refractivity contribution < 1.29 is 14.3 Å². The maximum absolute atomic E-state index is 12.1. The molecule has 0 saturated carbocycles. The number of hydrogen-bond acceptors (Lipinski definition) is 4. The molecule has 0 aliphatic carbocycles. The third kappa shape index (κ3) is 5.61. The van der Waals surface area contributed by atoms with Crippen LogP contribution in [0.2, 0.25) is 0 Å². The van der Waals surface area contributed by atoms with Gasteiger partial charge in [0.05, 0.1) is 6.61 Å². The van der Waals surface area contributed by atoms with E-state index in [2.05, 4.69) is 22.9 Å². The number of benzene rings is 1. The number of rotatable bonds is 6. The molecule has 1 fully saturated rings. The molecular weight excluding hydrogens is 354 g/mol. The standard InChI is InChI=1S/C19H27N3O3.ClH/c1-13-12-20-9-8-16(13)21-18(23)3-2-10-25-15-5-6-17-14(11-15)4-7-19(24)22-17;/h5-6,11,13,16,20H,2-4,7-10,12H2,1H3,(H,21,23)(H,22,24);1H. The highest BCUT2D eigenvalue weighted by Gasteiger charge is 2.22. The normalized spacial score (nSPS) is 21.8. The molecule has 6 nitrogen and oxygen atoms in total. The van der Waals surface area contributed by atoms with Gasteiger partial charge in [0.25, 0.3) is 0 Å². The Morgan fingerprint density at radius 3 is 3.00 bits per heavy atom. The topological polar surface area (TPSA) is 79.5 Å². The Hall–Kier alpha value is -1.79. The van der Waals surface area contributed by atoms with E-state index in [1.54, 1.807) is 0 Å². The van der Waals surface area contributed by atoms with Crippen molar-refractivity contribution in [3.63, 3.8) is 0 Å². The summed E-state index contributed by atoms with van der Waals surface area (Å²) in [6.07, 6.45) is 3.44. The molecule has 0 aromatic heterocycles. The molecule has 2 heterocycles. The van der Waals surface area contributed by atoms with Gasteiger partial charge in [0.2, 0.25) is 11.8 Å². The predicted molar refractivity (Wildman–Crippen MR) is 104 cm³/mol. The molecule has 3 N–H and O–H groups in total. The summed E-state index contributed by atoms with van der Waals surface area (Å²) in [5.41, 5.74) is 1.98. The summed E-state index contributed by atoms with van der Waals surface area (Å²) in [7, 11) is 0. The number of carbonyl (C=O) groups excluding carboxylic acids is 2. The molecule has 2 unspecified atom stereocenters. The fraction of sp³-hybridized carbons (Fsp3) is 0.579. The molecule has 7 heteroatoms. The van der Waals surface area contributed by atoms with Crippen molar-refractivity contribution in [2.45, 2.75) is 45.1 Å². The average Bonchev–Trinajstić information content (AvgIpc) is 2.61. The number of hydrogen-bond donors (Lipinski definition) is 3. The summed E-state index contributed by atoms with van der Waals surface area (Å²) >= 11 is 0. The van der Waals surface area contributed by atoms with Gasteiger partial charge in [0, 0.05) is 24.6 Å². The fourth-order valence-corrected chi connectivity index (χ4v) is 3.38. The van der Waals surface area contributed by atoms with E-state index in [9.17, 15) is 9.59 Å². The monoisotopic (exact) mass is 381 g/mol. The van der Waals surface area contributed by atoms with Crippen LogP contribution < -0.4 is 20.7 Å². The molecule has 2 atom stereocenters. The van der Waals surface area contributed by atoms with Gasteiger partial charge in [-0.05, 0) is 62.0 Å². The number of piperidine rings is 1. The van der Waals surface area contributed by atoms with Crippen LogP contribution >= 0.6 is 12.4 Å². The largest absolute Gasteiger partial charge is 0.494 e. The highest BCUT2D eigenvalue weighted by Crippen LogP contribution is 2.26. The Morgan fingerprint density at radius 2 is 2.19 bits per heavy atom. The van der Waals surface area contributed by atoms with Crippen LogP contribution in [0.4, 0.5) is 5.69 Å². The second-order valence-electron chi connectivity index (χ2n) is 6.96. The summed E-state index contributed by atoms with van der Waals surface area (Å²) in [6.45, 7) is 4.61. The molecule has 26 heavy (non-hydrogen) atoms. The predicted octanol–water partition coefficient (Wildman–Crippen LogP) is 2.27. The van der Waals surface area contributed by atoms with E-state index in [-0.39, 0.29) is 30.3 Å². The maximum Gasteiger partial charge on any atom is 0.224 e. The highest BCUT2D eigenvalue weighted by atomic mass is 35.5. The van der Waals surface area contributed by atoms with E-state index in [1.165, 1.54) is 0 Å². The van der Waals surface area contributed by atoms with Crippen molar-refractivity contribution in [1.29, 1.82) is 0 Å². The van der Waals surface area contributed by atoms with Gasteiger partial charge >= 0.3 is 0 Å². The Bertz CT molecular complexity index is 638. The van der Waals surface area contributed by atoms with Crippen LogP contribution in [0.1, 0.15) is 38.2 Å². The maximum atomic E-state index is 12.1. The molecule has 1 aromatic carbocycles. The molecular formula is C19H28ClN3O3. The molecule has 144 valence electrons. The highest BCUT2D eigenvalue weighted by molar-refractivity contribution is 5.94. The van der Waals surface area contributed by atoms with Crippen molar-refractivity contribution >= 4 is 29.9 Å². The van der Waals surface area contributed by atoms with Crippen molar-refractivity contribution in [3.8, 4) is 5.75 Å². The van der Waals surface area contributed by atoms with Gasteiger partial charge in [-0.15, -0.1) is 12.4 Å². The lowest BCUT2D eigenvalue weighted by atomic mass is 9.95. The number of aryl methyl sites for hydroxylation is 1. The Morgan fingerprint density at radius 1 is 1.35 bits per heavy atom. The number of halogens is 1. The first-order valence-electron chi connectivity index (χ1n) is 9.17. The fourth-order valence-electron chi connectivity index (χ4n) is 3.38.